The van der Waals surface area contributed by atoms with Crippen LogP contribution in [0.3, 0.4) is 0 Å². The molecule has 26 heavy (non-hydrogen) atoms. The Labute approximate surface area is 158 Å². The highest BCUT2D eigenvalue weighted by Crippen LogP contribution is 2.23. The zero-order valence-corrected chi connectivity index (χ0v) is 15.8. The maximum atomic E-state index is 12.6. The lowest BCUT2D eigenvalue weighted by Crippen LogP contribution is -2.13. The van der Waals surface area contributed by atoms with E-state index in [9.17, 15) is 9.00 Å². The zero-order valence-electron chi connectivity index (χ0n) is 14.3. The lowest BCUT2D eigenvalue weighted by atomic mass is 10.2. The van der Waals surface area contributed by atoms with Gasteiger partial charge in [0.05, 0.1) is 17.5 Å². The van der Waals surface area contributed by atoms with Gasteiger partial charge in [-0.15, -0.1) is 0 Å². The number of carbonyl (C=O) groups excluding carboxylic acids is 1. The summed E-state index contributed by atoms with van der Waals surface area (Å²) in [6.07, 6.45) is 4.79. The fourth-order valence-corrected chi connectivity index (χ4v) is 3.46. The topological polar surface area (TPSA) is 76.9 Å². The molecule has 1 N–H and O–H groups in total. The summed E-state index contributed by atoms with van der Waals surface area (Å²) in [5.41, 5.74) is 2.45. The Kier molecular flexibility index (Phi) is 5.49. The molecule has 0 aliphatic carbocycles. The van der Waals surface area contributed by atoms with Crippen LogP contribution in [0.4, 0.5) is 5.69 Å². The first kappa shape index (κ1) is 18.3. The Morgan fingerprint density at radius 1 is 1.31 bits per heavy atom. The first-order valence-electron chi connectivity index (χ1n) is 7.81. The van der Waals surface area contributed by atoms with Gasteiger partial charge in [0.1, 0.15) is 0 Å². The molecule has 0 aliphatic rings. The zero-order chi connectivity index (χ0) is 18.7. The van der Waals surface area contributed by atoms with E-state index in [1.165, 1.54) is 6.20 Å². The van der Waals surface area contributed by atoms with Gasteiger partial charge < -0.3 is 5.32 Å². The Morgan fingerprint density at radius 2 is 2.12 bits per heavy atom. The highest BCUT2D eigenvalue weighted by Gasteiger charge is 2.16. The average Bonchev–Trinajstić information content (AvgIpc) is 3.00. The van der Waals surface area contributed by atoms with Crippen LogP contribution in [0.25, 0.3) is 5.82 Å². The quantitative estimate of drug-likeness (QED) is 0.727. The minimum Gasteiger partial charge on any atom is -0.322 e. The fourth-order valence-electron chi connectivity index (χ4n) is 2.52. The van der Waals surface area contributed by atoms with Crippen molar-refractivity contribution < 1.29 is 9.00 Å². The Hall–Kier alpha value is -2.51. The number of pyridine rings is 1. The minimum absolute atomic E-state index is 0.282. The van der Waals surface area contributed by atoms with Crippen LogP contribution in [0.2, 0.25) is 5.02 Å². The van der Waals surface area contributed by atoms with Gasteiger partial charge in [0.15, 0.2) is 5.82 Å². The summed E-state index contributed by atoms with van der Waals surface area (Å²) in [7, 11) is -1.02. The molecule has 0 spiro atoms. The van der Waals surface area contributed by atoms with Crippen molar-refractivity contribution in [1.82, 2.24) is 14.8 Å². The van der Waals surface area contributed by atoms with Gasteiger partial charge in [-0.25, -0.2) is 9.67 Å². The molecule has 3 aromatic rings. The second kappa shape index (κ2) is 7.80. The van der Waals surface area contributed by atoms with Gasteiger partial charge in [-0.1, -0.05) is 17.7 Å². The molecule has 0 saturated carbocycles. The number of benzene rings is 1. The summed E-state index contributed by atoms with van der Waals surface area (Å²) in [5, 5.41) is 7.61. The second-order valence-electron chi connectivity index (χ2n) is 5.72. The maximum Gasteiger partial charge on any atom is 0.259 e. The lowest BCUT2D eigenvalue weighted by molar-refractivity contribution is 0.102. The summed E-state index contributed by atoms with van der Waals surface area (Å²) in [6.45, 7) is 1.81. The monoisotopic (exact) mass is 388 g/mol. The van der Waals surface area contributed by atoms with Crippen molar-refractivity contribution in [2.75, 3.05) is 11.6 Å². The molecule has 1 unspecified atom stereocenters. The molecule has 2 aromatic heterocycles. The van der Waals surface area contributed by atoms with E-state index in [2.05, 4.69) is 15.4 Å². The van der Waals surface area contributed by atoms with Gasteiger partial charge in [0.25, 0.3) is 5.91 Å². The summed E-state index contributed by atoms with van der Waals surface area (Å²) >= 11 is 6.12. The van der Waals surface area contributed by atoms with Crippen LogP contribution >= 0.6 is 11.6 Å². The standard InChI is InChI=1S/C18H17ClN4O2S/c1-12-15(10-21-23(12)17-5-3-4-8-20-17)18(24)22-14-6-7-16(19)13(9-14)11-26(2)25/h3-10H,11H2,1-2H3,(H,22,24). The van der Waals surface area contributed by atoms with Crippen LogP contribution in [0.1, 0.15) is 21.6 Å². The van der Waals surface area contributed by atoms with E-state index in [1.54, 1.807) is 35.3 Å². The third kappa shape index (κ3) is 4.00. The van der Waals surface area contributed by atoms with E-state index in [1.807, 2.05) is 25.1 Å². The van der Waals surface area contributed by atoms with Crippen molar-refractivity contribution in [3.63, 3.8) is 0 Å². The number of anilines is 1. The highest BCUT2D eigenvalue weighted by atomic mass is 35.5. The molecule has 1 atom stereocenters. The van der Waals surface area contributed by atoms with Crippen LogP contribution in [0.15, 0.2) is 48.8 Å². The second-order valence-corrected chi connectivity index (χ2v) is 7.56. The van der Waals surface area contributed by atoms with Gasteiger partial charge >= 0.3 is 0 Å². The molecule has 134 valence electrons. The molecular weight excluding hydrogens is 372 g/mol. The number of hydrogen-bond donors (Lipinski definition) is 1. The summed E-state index contributed by atoms with van der Waals surface area (Å²) < 4.78 is 13.1. The normalized spacial score (nSPS) is 12.0. The smallest absolute Gasteiger partial charge is 0.259 e. The molecule has 0 bridgehead atoms. The SMILES string of the molecule is Cc1c(C(=O)Nc2ccc(Cl)c(CS(C)=O)c2)cnn1-c1ccccn1. The van der Waals surface area contributed by atoms with Crippen LogP contribution in [0.5, 0.6) is 0 Å². The molecule has 0 saturated heterocycles. The largest absolute Gasteiger partial charge is 0.322 e. The van der Waals surface area contributed by atoms with E-state index in [-0.39, 0.29) is 5.91 Å². The van der Waals surface area contributed by atoms with E-state index >= 15 is 0 Å². The minimum atomic E-state index is -1.02. The summed E-state index contributed by atoms with van der Waals surface area (Å²) in [5.74, 6) is 0.693. The molecule has 2 heterocycles. The number of rotatable bonds is 5. The summed E-state index contributed by atoms with van der Waals surface area (Å²) in [4.78, 5) is 16.9. The van der Waals surface area contributed by atoms with Crippen LogP contribution < -0.4 is 5.32 Å². The lowest BCUT2D eigenvalue weighted by Gasteiger charge is -2.09. The number of nitrogens with zero attached hydrogens (tertiary/aromatic N) is 3. The van der Waals surface area contributed by atoms with Crippen LogP contribution in [0, 0.1) is 6.92 Å². The molecule has 6 nitrogen and oxygen atoms in total. The van der Waals surface area contributed by atoms with Crippen LogP contribution in [-0.2, 0) is 16.6 Å². The molecular formula is C18H17ClN4O2S. The highest BCUT2D eigenvalue weighted by molar-refractivity contribution is 7.83. The molecule has 8 heteroatoms. The molecule has 3 rings (SSSR count). The van der Waals surface area contributed by atoms with Gasteiger partial charge in [0.2, 0.25) is 0 Å². The van der Waals surface area contributed by atoms with Gasteiger partial charge in [-0.05, 0) is 42.8 Å². The average molecular weight is 389 g/mol. The van der Waals surface area contributed by atoms with Gasteiger partial charge in [-0.2, -0.15) is 5.10 Å². The number of halogens is 1. The van der Waals surface area contributed by atoms with Crippen molar-refractivity contribution in [3.05, 3.63) is 70.6 Å². The molecule has 1 aromatic carbocycles. The Balaban J connectivity index is 1.83. The number of amides is 1. The van der Waals surface area contributed by atoms with Gasteiger partial charge in [0, 0.05) is 39.7 Å². The molecule has 1 amide bonds. The van der Waals surface area contributed by atoms with Crippen LogP contribution in [-0.4, -0.2) is 31.1 Å². The van der Waals surface area contributed by atoms with E-state index < -0.39 is 10.8 Å². The Morgan fingerprint density at radius 3 is 2.81 bits per heavy atom. The summed E-state index contributed by atoms with van der Waals surface area (Å²) in [6, 6.07) is 10.6. The third-order valence-corrected chi connectivity index (χ3v) is 4.87. The first-order valence-corrected chi connectivity index (χ1v) is 9.92. The number of aromatic nitrogens is 3. The van der Waals surface area contributed by atoms with Crippen molar-refractivity contribution in [2.24, 2.45) is 0 Å². The van der Waals surface area contributed by atoms with Gasteiger partial charge in [-0.3, -0.25) is 9.00 Å². The van der Waals surface area contributed by atoms with Crippen molar-refractivity contribution in [2.45, 2.75) is 12.7 Å². The Bertz CT molecular complexity index is 973. The van der Waals surface area contributed by atoms with E-state index in [0.29, 0.717) is 33.5 Å². The van der Waals surface area contributed by atoms with E-state index in [0.717, 1.165) is 5.56 Å². The fraction of sp³-hybridized carbons (Fsp3) is 0.167. The maximum absolute atomic E-state index is 12.6. The molecule has 0 radical (unpaired) electrons. The first-order chi connectivity index (χ1) is 12.5. The molecule has 0 fully saturated rings. The number of carbonyl (C=O) groups is 1. The van der Waals surface area contributed by atoms with Crippen molar-refractivity contribution in [3.8, 4) is 5.82 Å². The molecule has 0 aliphatic heterocycles. The van der Waals surface area contributed by atoms with Crippen molar-refractivity contribution >= 4 is 34.0 Å². The number of hydrogen-bond acceptors (Lipinski definition) is 4. The van der Waals surface area contributed by atoms with E-state index in [4.69, 9.17) is 11.6 Å². The predicted octanol–water partition coefficient (Wildman–Crippen LogP) is 3.36. The van der Waals surface area contributed by atoms with Crippen molar-refractivity contribution in [1.29, 1.82) is 0 Å². The predicted molar refractivity (Wildman–Crippen MR) is 103 cm³/mol. The third-order valence-electron chi connectivity index (χ3n) is 3.78. The number of nitrogens with one attached hydrogen (secondary N) is 1.